The van der Waals surface area contributed by atoms with E-state index in [4.69, 9.17) is 24.1 Å². The Bertz CT molecular complexity index is 859. The number of rotatable bonds is 5. The molecule has 2 aliphatic rings. The first-order valence-electron chi connectivity index (χ1n) is 8.18. The summed E-state index contributed by atoms with van der Waals surface area (Å²) in [5, 5.41) is 10.3. The molecule has 0 spiro atoms. The Morgan fingerprint density at radius 2 is 1.54 bits per heavy atom. The van der Waals surface area contributed by atoms with E-state index in [1.54, 1.807) is 0 Å². The number of nitrogens with two attached hydrogens (primary N) is 1. The summed E-state index contributed by atoms with van der Waals surface area (Å²) in [7, 11) is -3.88. The molecule has 0 radical (unpaired) electrons. The van der Waals surface area contributed by atoms with Crippen molar-refractivity contribution in [2.75, 3.05) is 39.8 Å². The van der Waals surface area contributed by atoms with Crippen LogP contribution in [0.1, 0.15) is 11.1 Å². The zero-order valence-corrected chi connectivity index (χ0v) is 17.1. The molecule has 0 aliphatic carbocycles. The summed E-state index contributed by atoms with van der Waals surface area (Å²) >= 11 is 2.43. The summed E-state index contributed by atoms with van der Waals surface area (Å²) in [5.41, 5.74) is 0.924. The lowest BCUT2D eigenvalue weighted by Crippen LogP contribution is -2.31. The van der Waals surface area contributed by atoms with Crippen LogP contribution >= 0.6 is 22.7 Å². The maximum absolute atomic E-state index is 13.0. The number of alkyl halides is 2. The topological polar surface area (TPSA) is 97.1 Å². The highest BCUT2D eigenvalue weighted by molar-refractivity contribution is 7.91. The molecule has 0 atom stereocenters. The fraction of sp³-hybridized carbons (Fsp3) is 0.500. The average molecular weight is 456 g/mol. The van der Waals surface area contributed by atoms with E-state index in [9.17, 15) is 17.2 Å². The van der Waals surface area contributed by atoms with Gasteiger partial charge in [0.05, 0.1) is 26.4 Å². The summed E-state index contributed by atoms with van der Waals surface area (Å²) in [4.78, 5) is 0. The zero-order valence-electron chi connectivity index (χ0n) is 14.6. The third-order valence-corrected chi connectivity index (χ3v) is 7.23. The van der Waals surface area contributed by atoms with Crippen LogP contribution in [-0.2, 0) is 40.5 Å². The maximum atomic E-state index is 13.0. The normalized spacial score (nSPS) is 20.7. The number of ether oxygens (including phenoxy) is 4. The van der Waals surface area contributed by atoms with Gasteiger partial charge in [0, 0.05) is 11.1 Å². The predicted molar refractivity (Wildman–Crippen MR) is 99.1 cm³/mol. The Balaban J connectivity index is 0.000000167. The van der Waals surface area contributed by atoms with Gasteiger partial charge in [-0.3, -0.25) is 0 Å². The highest BCUT2D eigenvalue weighted by Gasteiger charge is 2.43. The quantitative estimate of drug-likeness (QED) is 0.744. The molecule has 2 aliphatic heterocycles. The molecule has 28 heavy (non-hydrogen) atoms. The van der Waals surface area contributed by atoms with Crippen LogP contribution in [0.2, 0.25) is 0 Å². The molecule has 4 rings (SSSR count). The van der Waals surface area contributed by atoms with E-state index < -0.39 is 34.9 Å². The molecule has 7 nitrogen and oxygen atoms in total. The van der Waals surface area contributed by atoms with Gasteiger partial charge in [-0.1, -0.05) is 0 Å². The van der Waals surface area contributed by atoms with E-state index >= 15 is 0 Å². The lowest BCUT2D eigenvalue weighted by atomic mass is 10.1. The molecule has 0 aromatic carbocycles. The smallest absolute Gasteiger partial charge is 0.248 e. The molecule has 0 unspecified atom stereocenters. The van der Waals surface area contributed by atoms with Crippen molar-refractivity contribution in [2.24, 2.45) is 5.14 Å². The van der Waals surface area contributed by atoms with Gasteiger partial charge in [-0.05, 0) is 28.3 Å². The van der Waals surface area contributed by atoms with Crippen molar-refractivity contribution in [3.05, 3.63) is 39.4 Å². The largest absolute Gasteiger partial charge is 0.341 e. The van der Waals surface area contributed by atoms with Crippen LogP contribution < -0.4 is 5.14 Å². The minimum atomic E-state index is -3.88. The second-order valence-corrected chi connectivity index (χ2v) is 9.30. The lowest BCUT2D eigenvalue weighted by Gasteiger charge is -2.23. The van der Waals surface area contributed by atoms with Crippen LogP contribution in [0, 0.1) is 0 Å². The molecule has 2 fully saturated rings. The molecule has 0 saturated carbocycles. The minimum absolute atomic E-state index is 0.118. The molecular weight excluding hydrogens is 436 g/mol. The van der Waals surface area contributed by atoms with Crippen LogP contribution in [-0.4, -0.2) is 48.2 Å². The number of thiophene rings is 2. The zero-order chi connectivity index (χ0) is 20.3. The minimum Gasteiger partial charge on any atom is -0.341 e. The van der Waals surface area contributed by atoms with Crippen molar-refractivity contribution >= 4 is 32.7 Å². The van der Waals surface area contributed by atoms with Gasteiger partial charge in [-0.25, -0.2) is 22.3 Å². The summed E-state index contributed by atoms with van der Waals surface area (Å²) in [6.45, 7) is -0.177. The Morgan fingerprint density at radius 1 is 0.964 bits per heavy atom. The summed E-state index contributed by atoms with van der Waals surface area (Å²) < 4.78 is 68.9. The van der Waals surface area contributed by atoms with Gasteiger partial charge in [0.1, 0.15) is 17.6 Å². The van der Waals surface area contributed by atoms with Gasteiger partial charge in [-0.2, -0.15) is 11.3 Å². The number of halogens is 2. The first kappa shape index (κ1) is 21.7. The lowest BCUT2D eigenvalue weighted by molar-refractivity contribution is -0.178. The molecule has 2 aromatic rings. The van der Waals surface area contributed by atoms with E-state index in [1.807, 2.05) is 16.8 Å². The summed E-state index contributed by atoms with van der Waals surface area (Å²) in [6, 6.07) is 3.28. The maximum Gasteiger partial charge on any atom is 0.248 e. The third-order valence-electron chi connectivity index (χ3n) is 4.12. The van der Waals surface area contributed by atoms with Crippen LogP contribution in [0.4, 0.5) is 8.78 Å². The fourth-order valence-electron chi connectivity index (χ4n) is 2.81. The van der Waals surface area contributed by atoms with E-state index in [-0.39, 0.29) is 23.0 Å². The van der Waals surface area contributed by atoms with Crippen LogP contribution in [0.3, 0.4) is 0 Å². The fourth-order valence-corrected chi connectivity index (χ4v) is 5.43. The van der Waals surface area contributed by atoms with Crippen molar-refractivity contribution in [1.82, 2.24) is 0 Å². The summed E-state index contributed by atoms with van der Waals surface area (Å²) in [5.74, 6) is -2.71. The van der Waals surface area contributed by atoms with Gasteiger partial charge in [0.15, 0.2) is 0 Å². The van der Waals surface area contributed by atoms with Crippen molar-refractivity contribution in [3.8, 4) is 0 Å². The highest BCUT2D eigenvalue weighted by Crippen LogP contribution is 2.38. The first-order chi connectivity index (χ1) is 13.4. The van der Waals surface area contributed by atoms with Crippen molar-refractivity contribution in [1.29, 1.82) is 0 Å². The van der Waals surface area contributed by atoms with Gasteiger partial charge in [0.2, 0.25) is 21.6 Å². The van der Waals surface area contributed by atoms with E-state index in [2.05, 4.69) is 0 Å². The molecule has 2 aromatic heterocycles. The van der Waals surface area contributed by atoms with Crippen LogP contribution in [0.5, 0.6) is 0 Å². The second-order valence-electron chi connectivity index (χ2n) is 5.85. The molecule has 0 bridgehead atoms. The van der Waals surface area contributed by atoms with Gasteiger partial charge in [0.25, 0.3) is 0 Å². The molecule has 0 amide bonds. The number of primary sulfonamides is 1. The second kappa shape index (κ2) is 8.79. The van der Waals surface area contributed by atoms with Crippen LogP contribution in [0.25, 0.3) is 0 Å². The SMILES string of the molecule is FCC1(c2ccsc2)OCCO1.NS(=O)(=O)c1sccc1C1(CF)OCCO1. The summed E-state index contributed by atoms with van der Waals surface area (Å²) in [6.07, 6.45) is 0. The van der Waals surface area contributed by atoms with E-state index in [1.165, 1.54) is 22.8 Å². The van der Waals surface area contributed by atoms with Crippen molar-refractivity contribution in [3.63, 3.8) is 0 Å². The van der Waals surface area contributed by atoms with E-state index in [0.29, 0.717) is 13.2 Å². The monoisotopic (exact) mass is 455 g/mol. The Hall–Kier alpha value is -0.990. The Morgan fingerprint density at radius 3 is 2.00 bits per heavy atom. The van der Waals surface area contributed by atoms with Gasteiger partial charge in [-0.15, -0.1) is 11.3 Å². The molecule has 156 valence electrons. The number of hydrogen-bond acceptors (Lipinski definition) is 8. The average Bonchev–Trinajstić information content (AvgIpc) is 3.49. The predicted octanol–water partition coefficient (Wildman–Crippen LogP) is 2.48. The number of hydrogen-bond donors (Lipinski definition) is 1. The molecule has 2 N–H and O–H groups in total. The van der Waals surface area contributed by atoms with E-state index in [0.717, 1.165) is 16.9 Å². The molecule has 2 saturated heterocycles. The number of sulfonamides is 1. The van der Waals surface area contributed by atoms with Gasteiger partial charge >= 0.3 is 0 Å². The Labute approximate surface area is 169 Å². The molecule has 4 heterocycles. The first-order valence-corrected chi connectivity index (χ1v) is 11.5. The third kappa shape index (κ3) is 4.28. The van der Waals surface area contributed by atoms with Crippen molar-refractivity contribution < 1.29 is 36.1 Å². The van der Waals surface area contributed by atoms with Gasteiger partial charge < -0.3 is 18.9 Å². The van der Waals surface area contributed by atoms with Crippen molar-refractivity contribution in [2.45, 2.75) is 15.8 Å². The highest BCUT2D eigenvalue weighted by atomic mass is 32.2. The Kier molecular flexibility index (Phi) is 6.82. The molecular formula is C16H19F2NO6S3. The standard InChI is InChI=1S/C8H10FNO4S2.C8H9FO2S/c9-5-8(13-2-3-14-8)6-1-4-15-7(6)16(10,11)12;9-6-8(10-2-3-11-8)7-1-4-12-5-7/h1,4H,2-3,5H2,(H2,10,11,12);1,4-5H,2-3,6H2. The van der Waals surface area contributed by atoms with Crippen LogP contribution in [0.15, 0.2) is 32.5 Å². The molecule has 12 heteroatoms.